The van der Waals surface area contributed by atoms with Crippen molar-refractivity contribution >= 4 is 35.5 Å². The van der Waals surface area contributed by atoms with Crippen LogP contribution in [0.15, 0.2) is 48.9 Å². The van der Waals surface area contributed by atoms with Crippen molar-refractivity contribution in [2.24, 2.45) is 0 Å². The van der Waals surface area contributed by atoms with E-state index >= 15 is 0 Å². The molecule has 0 saturated carbocycles. The van der Waals surface area contributed by atoms with Gasteiger partial charge in [0.1, 0.15) is 0 Å². The van der Waals surface area contributed by atoms with Crippen LogP contribution in [-0.2, 0) is 0 Å². The van der Waals surface area contributed by atoms with E-state index in [4.69, 9.17) is 9.84 Å². The molecule has 0 radical (unpaired) electrons. The second kappa shape index (κ2) is 8.57. The van der Waals surface area contributed by atoms with Crippen LogP contribution in [0.3, 0.4) is 0 Å². The summed E-state index contributed by atoms with van der Waals surface area (Å²) in [4.78, 5) is 19.7. The summed E-state index contributed by atoms with van der Waals surface area (Å²) in [7, 11) is 1.26. The standard InChI is InChI=1S/C21H16F2N4O3.ClH/c1-11-9-12(3-4-13(11)21(28)29)26-19-20-25-10-15(27(20)8-7-24-19)14-5-6-16(30-2)18(23)17(14)22;/h3-10H,1-2H3,(H,24,26)(H,28,29);1H. The molecule has 0 amide bonds. The Kier molecular flexibility index (Phi) is 6.07. The summed E-state index contributed by atoms with van der Waals surface area (Å²) in [5.41, 5.74) is 2.16. The van der Waals surface area contributed by atoms with E-state index in [-0.39, 0.29) is 29.3 Å². The van der Waals surface area contributed by atoms with Gasteiger partial charge in [0.05, 0.1) is 24.6 Å². The van der Waals surface area contributed by atoms with Gasteiger partial charge in [0.15, 0.2) is 23.0 Å². The van der Waals surface area contributed by atoms with E-state index in [0.29, 0.717) is 28.4 Å². The second-order valence-corrected chi connectivity index (χ2v) is 6.52. The maximum Gasteiger partial charge on any atom is 0.335 e. The van der Waals surface area contributed by atoms with Gasteiger partial charge >= 0.3 is 5.97 Å². The number of aryl methyl sites for hydroxylation is 1. The number of carbonyl (C=O) groups is 1. The topological polar surface area (TPSA) is 88.8 Å². The van der Waals surface area contributed by atoms with Crippen LogP contribution in [0.5, 0.6) is 5.75 Å². The van der Waals surface area contributed by atoms with Gasteiger partial charge in [-0.25, -0.2) is 19.2 Å². The Morgan fingerprint density at radius 2 is 1.94 bits per heavy atom. The number of nitrogens with zero attached hydrogens (tertiary/aromatic N) is 3. The molecule has 2 heterocycles. The molecule has 0 fully saturated rings. The normalized spacial score (nSPS) is 10.6. The maximum absolute atomic E-state index is 14.6. The number of ether oxygens (including phenoxy) is 1. The van der Waals surface area contributed by atoms with E-state index < -0.39 is 17.6 Å². The molecule has 0 saturated heterocycles. The molecular formula is C21H17ClF2N4O3. The van der Waals surface area contributed by atoms with Gasteiger partial charge in [0.25, 0.3) is 0 Å². The van der Waals surface area contributed by atoms with Crippen LogP contribution in [0.2, 0.25) is 0 Å². The van der Waals surface area contributed by atoms with Crippen molar-refractivity contribution < 1.29 is 23.4 Å². The average Bonchev–Trinajstić information content (AvgIpc) is 3.15. The monoisotopic (exact) mass is 446 g/mol. The first-order valence-corrected chi connectivity index (χ1v) is 8.86. The van der Waals surface area contributed by atoms with Gasteiger partial charge in [0, 0.05) is 23.6 Å². The van der Waals surface area contributed by atoms with Gasteiger partial charge in [-0.15, -0.1) is 12.4 Å². The first-order chi connectivity index (χ1) is 14.4. The van der Waals surface area contributed by atoms with E-state index in [1.165, 1.54) is 37.7 Å². The fourth-order valence-corrected chi connectivity index (χ4v) is 3.21. The highest BCUT2D eigenvalue weighted by molar-refractivity contribution is 5.90. The van der Waals surface area contributed by atoms with Gasteiger partial charge in [0.2, 0.25) is 5.82 Å². The molecule has 4 rings (SSSR count). The number of nitrogens with one attached hydrogen (secondary N) is 1. The van der Waals surface area contributed by atoms with E-state index in [0.717, 1.165) is 0 Å². The van der Waals surface area contributed by atoms with E-state index in [1.807, 2.05) is 0 Å². The number of halogens is 3. The number of hydrogen-bond donors (Lipinski definition) is 2. The third-order valence-electron chi connectivity index (χ3n) is 4.69. The van der Waals surface area contributed by atoms with Crippen LogP contribution in [0.1, 0.15) is 15.9 Å². The number of methoxy groups -OCH3 is 1. The molecule has 0 aliphatic heterocycles. The minimum absolute atomic E-state index is 0. The lowest BCUT2D eigenvalue weighted by Gasteiger charge is -2.10. The van der Waals surface area contributed by atoms with Crippen molar-refractivity contribution in [1.82, 2.24) is 14.4 Å². The summed E-state index contributed by atoms with van der Waals surface area (Å²) < 4.78 is 35.1. The minimum Gasteiger partial charge on any atom is -0.494 e. The Morgan fingerprint density at radius 1 is 1.16 bits per heavy atom. The first kappa shape index (κ1) is 22.0. The Balaban J connectivity index is 0.00000272. The van der Waals surface area contributed by atoms with Crippen molar-refractivity contribution in [2.75, 3.05) is 12.4 Å². The lowest BCUT2D eigenvalue weighted by atomic mass is 10.1. The summed E-state index contributed by atoms with van der Waals surface area (Å²) >= 11 is 0. The number of anilines is 2. The molecule has 2 N–H and O–H groups in total. The van der Waals surface area contributed by atoms with Crippen LogP contribution in [0, 0.1) is 18.6 Å². The number of aromatic nitrogens is 3. The van der Waals surface area contributed by atoms with Crippen LogP contribution in [0.25, 0.3) is 16.9 Å². The summed E-state index contributed by atoms with van der Waals surface area (Å²) in [6.07, 6.45) is 4.51. The summed E-state index contributed by atoms with van der Waals surface area (Å²) in [6, 6.07) is 7.55. The zero-order valence-electron chi connectivity index (χ0n) is 16.4. The van der Waals surface area contributed by atoms with Crippen molar-refractivity contribution in [3.63, 3.8) is 0 Å². The molecule has 0 spiro atoms. The molecule has 10 heteroatoms. The molecule has 0 atom stereocenters. The largest absolute Gasteiger partial charge is 0.494 e. The fourth-order valence-electron chi connectivity index (χ4n) is 3.21. The van der Waals surface area contributed by atoms with Crippen LogP contribution in [-0.4, -0.2) is 32.6 Å². The molecule has 0 aliphatic rings. The highest BCUT2D eigenvalue weighted by Gasteiger charge is 2.19. The van der Waals surface area contributed by atoms with Crippen molar-refractivity contribution in [3.8, 4) is 17.0 Å². The molecule has 0 aliphatic carbocycles. The fraction of sp³-hybridized carbons (Fsp3) is 0.0952. The van der Waals surface area contributed by atoms with E-state index in [1.54, 1.807) is 29.7 Å². The molecule has 7 nitrogen and oxygen atoms in total. The molecule has 4 aromatic rings. The van der Waals surface area contributed by atoms with E-state index in [2.05, 4.69) is 15.3 Å². The number of carboxylic acids is 1. The molecule has 0 bridgehead atoms. The molecule has 0 unspecified atom stereocenters. The summed E-state index contributed by atoms with van der Waals surface area (Å²) in [6.45, 7) is 1.69. The predicted octanol–water partition coefficient (Wildman–Crippen LogP) is 4.86. The second-order valence-electron chi connectivity index (χ2n) is 6.52. The summed E-state index contributed by atoms with van der Waals surface area (Å²) in [5, 5.41) is 12.2. The molecular weight excluding hydrogens is 430 g/mol. The number of rotatable bonds is 5. The Morgan fingerprint density at radius 3 is 2.61 bits per heavy atom. The Bertz CT molecular complexity index is 1290. The Labute approximate surface area is 181 Å². The lowest BCUT2D eigenvalue weighted by Crippen LogP contribution is -2.02. The Hall–Kier alpha value is -3.72. The number of hydrogen-bond acceptors (Lipinski definition) is 5. The molecule has 2 aromatic heterocycles. The first-order valence-electron chi connectivity index (χ1n) is 8.86. The van der Waals surface area contributed by atoms with Crippen LogP contribution >= 0.6 is 12.4 Å². The third kappa shape index (κ3) is 3.87. The number of fused-ring (bicyclic) bond motifs is 1. The molecule has 2 aromatic carbocycles. The highest BCUT2D eigenvalue weighted by Crippen LogP contribution is 2.31. The van der Waals surface area contributed by atoms with Gasteiger partial charge in [-0.05, 0) is 42.8 Å². The van der Waals surface area contributed by atoms with Crippen molar-refractivity contribution in [3.05, 3.63) is 71.7 Å². The maximum atomic E-state index is 14.6. The van der Waals surface area contributed by atoms with Crippen molar-refractivity contribution in [2.45, 2.75) is 6.92 Å². The minimum atomic E-state index is -1.08. The van der Waals surface area contributed by atoms with Crippen molar-refractivity contribution in [1.29, 1.82) is 0 Å². The number of carboxylic acid groups (broad SMARTS) is 1. The van der Waals surface area contributed by atoms with Crippen LogP contribution < -0.4 is 10.1 Å². The SMILES string of the molecule is COc1ccc(-c2cnc3c(Nc4ccc(C(=O)O)c(C)c4)nccn23)c(F)c1F.Cl. The van der Waals surface area contributed by atoms with Gasteiger partial charge < -0.3 is 15.2 Å². The highest BCUT2D eigenvalue weighted by atomic mass is 35.5. The van der Waals surface area contributed by atoms with Gasteiger partial charge in [-0.2, -0.15) is 4.39 Å². The smallest absolute Gasteiger partial charge is 0.335 e. The van der Waals surface area contributed by atoms with Gasteiger partial charge in [-0.3, -0.25) is 4.40 Å². The zero-order chi connectivity index (χ0) is 21.4. The predicted molar refractivity (Wildman–Crippen MR) is 114 cm³/mol. The molecule has 160 valence electrons. The lowest BCUT2D eigenvalue weighted by molar-refractivity contribution is 0.0696. The van der Waals surface area contributed by atoms with Crippen LogP contribution in [0.4, 0.5) is 20.3 Å². The number of imidazole rings is 1. The van der Waals surface area contributed by atoms with E-state index in [9.17, 15) is 13.6 Å². The third-order valence-corrected chi connectivity index (χ3v) is 4.69. The summed E-state index contributed by atoms with van der Waals surface area (Å²) in [5.74, 6) is -2.94. The molecule has 31 heavy (non-hydrogen) atoms. The zero-order valence-corrected chi connectivity index (χ0v) is 17.2. The quantitative estimate of drug-likeness (QED) is 0.455. The number of aromatic carboxylic acids is 1. The average molecular weight is 447 g/mol. The van der Waals surface area contributed by atoms with Gasteiger partial charge in [-0.1, -0.05) is 0 Å². The number of benzene rings is 2.